The first kappa shape index (κ1) is 17.3. The number of thiazole rings is 1. The summed E-state index contributed by atoms with van der Waals surface area (Å²) in [6.45, 7) is 6.95. The highest BCUT2D eigenvalue weighted by Gasteiger charge is 2.32. The van der Waals surface area contributed by atoms with Gasteiger partial charge in [-0.05, 0) is 42.7 Å². The topological polar surface area (TPSA) is 43.6 Å². The molecule has 2 aromatic heterocycles. The monoisotopic (exact) mass is 368 g/mol. The molecule has 0 fully saturated rings. The average Bonchev–Trinajstić information content (AvgIpc) is 3.15. The Morgan fingerprint density at radius 2 is 2.08 bits per heavy atom. The third kappa shape index (κ3) is 2.65. The summed E-state index contributed by atoms with van der Waals surface area (Å²) in [6, 6.07) is 7.74. The van der Waals surface area contributed by atoms with Crippen molar-refractivity contribution in [3.05, 3.63) is 40.5 Å². The number of hydrogen-bond acceptors (Lipinski definition) is 4. The van der Waals surface area contributed by atoms with Crippen LogP contribution in [-0.2, 0) is 12.8 Å². The Bertz CT molecular complexity index is 978. The van der Waals surface area contributed by atoms with Crippen molar-refractivity contribution in [2.24, 2.45) is 11.3 Å². The summed E-state index contributed by atoms with van der Waals surface area (Å²) in [5, 5.41) is 0. The summed E-state index contributed by atoms with van der Waals surface area (Å²) in [5.74, 6) is 1.41. The van der Waals surface area contributed by atoms with Gasteiger partial charge in [-0.25, -0.2) is 4.98 Å². The quantitative estimate of drug-likeness (QED) is 0.609. The fourth-order valence-electron chi connectivity index (χ4n) is 3.97. The lowest BCUT2D eigenvalue weighted by Gasteiger charge is -2.33. The Morgan fingerprint density at radius 3 is 2.77 bits per heavy atom. The Balaban J connectivity index is 1.85. The number of nitrogens with zero attached hydrogens (tertiary/aromatic N) is 2. The molecule has 136 valence electrons. The lowest BCUT2D eigenvalue weighted by molar-refractivity contribution is 0.111. The number of para-hydroxylation sites is 1. The van der Waals surface area contributed by atoms with Crippen LogP contribution in [0, 0.1) is 11.3 Å². The minimum Gasteiger partial charge on any atom is -0.496 e. The van der Waals surface area contributed by atoms with Crippen LogP contribution in [-0.4, -0.2) is 22.8 Å². The van der Waals surface area contributed by atoms with Crippen LogP contribution in [0.2, 0.25) is 0 Å². The highest BCUT2D eigenvalue weighted by atomic mass is 32.1. The fraction of sp³-hybridized carbons (Fsp3) is 0.429. The minimum atomic E-state index is 0.305. The first-order valence-electron chi connectivity index (χ1n) is 9.05. The maximum atomic E-state index is 12.0. The molecule has 0 aliphatic heterocycles. The largest absolute Gasteiger partial charge is 0.496 e. The van der Waals surface area contributed by atoms with E-state index in [0.717, 1.165) is 41.8 Å². The van der Waals surface area contributed by atoms with E-state index in [-0.39, 0.29) is 0 Å². The number of benzene rings is 1. The molecular weight excluding hydrogens is 344 g/mol. The number of aldehydes is 1. The Labute approximate surface area is 157 Å². The van der Waals surface area contributed by atoms with Gasteiger partial charge in [0.1, 0.15) is 17.1 Å². The first-order chi connectivity index (χ1) is 12.4. The van der Waals surface area contributed by atoms with Gasteiger partial charge in [0.2, 0.25) is 0 Å². The van der Waals surface area contributed by atoms with Gasteiger partial charge in [-0.1, -0.05) is 32.9 Å². The molecule has 1 aliphatic rings. The fourth-order valence-corrected chi connectivity index (χ4v) is 5.22. The summed E-state index contributed by atoms with van der Waals surface area (Å²) in [6.07, 6.45) is 4.17. The van der Waals surface area contributed by atoms with Crippen molar-refractivity contribution in [3.8, 4) is 17.0 Å². The van der Waals surface area contributed by atoms with E-state index in [9.17, 15) is 4.79 Å². The second-order valence-electron chi connectivity index (χ2n) is 8.06. The van der Waals surface area contributed by atoms with Crippen LogP contribution in [0.5, 0.6) is 5.75 Å². The number of hydrogen-bond donors (Lipinski definition) is 0. The number of aryl methyl sites for hydroxylation is 1. The van der Waals surface area contributed by atoms with Crippen molar-refractivity contribution >= 4 is 22.6 Å². The standard InChI is InChI=1S/C21H24N2O2S/c1-21(2,3)13-9-10-15-18(11-13)26-20-22-19(16(12-24)23(15)20)14-7-5-6-8-17(14)25-4/h5-8,12-13H,9-11H2,1-4H3. The van der Waals surface area contributed by atoms with E-state index in [4.69, 9.17) is 9.72 Å². The molecule has 4 nitrogen and oxygen atoms in total. The Kier molecular flexibility index (Phi) is 4.14. The summed E-state index contributed by atoms with van der Waals surface area (Å²) in [4.78, 5) is 19.1. The van der Waals surface area contributed by atoms with Gasteiger partial charge in [-0.3, -0.25) is 9.20 Å². The molecule has 0 saturated heterocycles. The number of imidazole rings is 1. The zero-order valence-corrected chi connectivity index (χ0v) is 16.5. The zero-order chi connectivity index (χ0) is 18.5. The summed E-state index contributed by atoms with van der Waals surface area (Å²) >= 11 is 1.73. The van der Waals surface area contributed by atoms with E-state index < -0.39 is 0 Å². The van der Waals surface area contributed by atoms with Crippen molar-refractivity contribution in [2.75, 3.05) is 7.11 Å². The van der Waals surface area contributed by atoms with Gasteiger partial charge >= 0.3 is 0 Å². The molecule has 0 N–H and O–H groups in total. The third-order valence-electron chi connectivity index (χ3n) is 5.55. The lowest BCUT2D eigenvalue weighted by atomic mass is 9.73. The summed E-state index contributed by atoms with van der Waals surface area (Å²) < 4.78 is 7.55. The highest BCUT2D eigenvalue weighted by molar-refractivity contribution is 7.17. The molecular formula is C21H24N2O2S. The minimum absolute atomic E-state index is 0.305. The van der Waals surface area contributed by atoms with E-state index in [1.54, 1.807) is 18.4 Å². The van der Waals surface area contributed by atoms with Gasteiger partial charge in [0.05, 0.1) is 7.11 Å². The van der Waals surface area contributed by atoms with Crippen LogP contribution in [0.4, 0.5) is 0 Å². The van der Waals surface area contributed by atoms with Crippen LogP contribution in [0.3, 0.4) is 0 Å². The average molecular weight is 369 g/mol. The molecule has 0 spiro atoms. The Hall–Kier alpha value is -2.14. The first-order valence-corrected chi connectivity index (χ1v) is 9.87. The Morgan fingerprint density at radius 1 is 1.31 bits per heavy atom. The van der Waals surface area contributed by atoms with E-state index in [2.05, 4.69) is 25.2 Å². The molecule has 1 atom stereocenters. The van der Waals surface area contributed by atoms with Gasteiger partial charge in [0.25, 0.3) is 0 Å². The van der Waals surface area contributed by atoms with Gasteiger partial charge in [0.15, 0.2) is 11.2 Å². The maximum absolute atomic E-state index is 12.0. The van der Waals surface area contributed by atoms with Crippen molar-refractivity contribution in [2.45, 2.75) is 40.0 Å². The van der Waals surface area contributed by atoms with Crippen LogP contribution < -0.4 is 4.74 Å². The van der Waals surface area contributed by atoms with Crippen molar-refractivity contribution in [1.82, 2.24) is 9.38 Å². The number of ether oxygens (including phenoxy) is 1. The molecule has 1 aromatic carbocycles. The second kappa shape index (κ2) is 6.23. The normalized spacial score (nSPS) is 17.3. The van der Waals surface area contributed by atoms with Crippen LogP contribution >= 0.6 is 11.3 Å². The zero-order valence-electron chi connectivity index (χ0n) is 15.7. The SMILES string of the molecule is COc1ccccc1-c1nc2sc3c(n2c1C=O)CCC(C(C)(C)C)C3. The molecule has 26 heavy (non-hydrogen) atoms. The highest BCUT2D eigenvalue weighted by Crippen LogP contribution is 2.42. The maximum Gasteiger partial charge on any atom is 0.195 e. The number of carbonyl (C=O) groups is 1. The van der Waals surface area contributed by atoms with Crippen LogP contribution in [0.15, 0.2) is 24.3 Å². The molecule has 2 heterocycles. The van der Waals surface area contributed by atoms with Gasteiger partial charge < -0.3 is 4.74 Å². The van der Waals surface area contributed by atoms with Crippen LogP contribution in [0.25, 0.3) is 16.2 Å². The van der Waals surface area contributed by atoms with Gasteiger partial charge in [0, 0.05) is 16.1 Å². The van der Waals surface area contributed by atoms with Crippen molar-refractivity contribution in [1.29, 1.82) is 0 Å². The van der Waals surface area contributed by atoms with E-state index in [1.165, 1.54) is 10.6 Å². The molecule has 4 rings (SSSR count). The predicted octanol–water partition coefficient (Wildman–Crippen LogP) is 5.03. The molecule has 0 amide bonds. The number of aromatic nitrogens is 2. The number of methoxy groups -OCH3 is 1. The molecule has 0 saturated carbocycles. The molecule has 5 heteroatoms. The molecule has 3 aromatic rings. The van der Waals surface area contributed by atoms with E-state index >= 15 is 0 Å². The van der Waals surface area contributed by atoms with E-state index in [0.29, 0.717) is 22.7 Å². The summed E-state index contributed by atoms with van der Waals surface area (Å²) in [7, 11) is 1.65. The molecule has 1 aliphatic carbocycles. The lowest BCUT2D eigenvalue weighted by Crippen LogP contribution is -2.26. The van der Waals surface area contributed by atoms with Crippen LogP contribution in [0.1, 0.15) is 48.3 Å². The summed E-state index contributed by atoms with van der Waals surface area (Å²) in [5.41, 5.74) is 3.78. The van der Waals surface area contributed by atoms with E-state index in [1.807, 2.05) is 24.3 Å². The number of carbonyl (C=O) groups excluding carboxylic acids is 1. The molecule has 0 radical (unpaired) electrons. The second-order valence-corrected chi connectivity index (χ2v) is 9.12. The van der Waals surface area contributed by atoms with Crippen molar-refractivity contribution < 1.29 is 9.53 Å². The molecule has 0 bridgehead atoms. The molecule has 1 unspecified atom stereocenters. The number of fused-ring (bicyclic) bond motifs is 3. The smallest absolute Gasteiger partial charge is 0.195 e. The van der Waals surface area contributed by atoms with Crippen molar-refractivity contribution in [3.63, 3.8) is 0 Å². The van der Waals surface area contributed by atoms with Gasteiger partial charge in [-0.2, -0.15) is 0 Å². The number of rotatable bonds is 3. The third-order valence-corrected chi connectivity index (χ3v) is 6.65. The predicted molar refractivity (Wildman–Crippen MR) is 105 cm³/mol. The van der Waals surface area contributed by atoms with Gasteiger partial charge in [-0.15, -0.1) is 11.3 Å².